The van der Waals surface area contributed by atoms with Crippen LogP contribution >= 0.6 is 0 Å². The molecule has 0 aliphatic rings. The number of carbonyl (C=O) groups excluding carboxylic acids is 3. The second kappa shape index (κ2) is 9.87. The highest BCUT2D eigenvalue weighted by Gasteiger charge is 2.25. The number of anilines is 2. The number of halogens is 1. The third-order valence-electron chi connectivity index (χ3n) is 3.95. The molecule has 7 nitrogen and oxygen atoms in total. The van der Waals surface area contributed by atoms with E-state index in [0.717, 1.165) is 6.07 Å². The van der Waals surface area contributed by atoms with Crippen LogP contribution in [0.3, 0.4) is 0 Å². The van der Waals surface area contributed by atoms with Crippen LogP contribution < -0.4 is 16.0 Å². The predicted molar refractivity (Wildman–Crippen MR) is 113 cm³/mol. The summed E-state index contributed by atoms with van der Waals surface area (Å²) in [5.41, 5.74) is -0.537. The van der Waals surface area contributed by atoms with Crippen LogP contribution in [-0.2, 0) is 9.53 Å². The van der Waals surface area contributed by atoms with Gasteiger partial charge in [-0.15, -0.1) is 0 Å². The molecule has 30 heavy (non-hydrogen) atoms. The van der Waals surface area contributed by atoms with E-state index in [-0.39, 0.29) is 17.7 Å². The summed E-state index contributed by atoms with van der Waals surface area (Å²) in [6, 6.07) is 11.6. The number of carbonyl (C=O) groups is 3. The summed E-state index contributed by atoms with van der Waals surface area (Å²) in [6.45, 7) is 6.82. The Labute approximate surface area is 175 Å². The quantitative estimate of drug-likeness (QED) is 0.655. The molecule has 0 saturated heterocycles. The monoisotopic (exact) mass is 415 g/mol. The van der Waals surface area contributed by atoms with Crippen molar-refractivity contribution in [1.82, 2.24) is 5.32 Å². The first kappa shape index (κ1) is 22.9. The minimum absolute atomic E-state index is 0.00197. The Morgan fingerprint density at radius 3 is 2.27 bits per heavy atom. The van der Waals surface area contributed by atoms with E-state index in [1.165, 1.54) is 12.1 Å². The maximum Gasteiger partial charge on any atom is 0.408 e. The maximum absolute atomic E-state index is 14.4. The third kappa shape index (κ3) is 6.58. The second-order valence-electron chi connectivity index (χ2n) is 7.58. The smallest absolute Gasteiger partial charge is 0.408 e. The molecule has 2 aromatic rings. The molecule has 0 fully saturated rings. The summed E-state index contributed by atoms with van der Waals surface area (Å²) in [4.78, 5) is 37.3. The molecule has 0 aromatic heterocycles. The first-order valence-electron chi connectivity index (χ1n) is 9.56. The van der Waals surface area contributed by atoms with Crippen molar-refractivity contribution in [1.29, 1.82) is 0 Å². The van der Waals surface area contributed by atoms with Gasteiger partial charge in [0, 0.05) is 5.69 Å². The van der Waals surface area contributed by atoms with Gasteiger partial charge in [-0.3, -0.25) is 9.59 Å². The fourth-order valence-electron chi connectivity index (χ4n) is 2.60. The number of hydrogen-bond acceptors (Lipinski definition) is 4. The maximum atomic E-state index is 14.4. The van der Waals surface area contributed by atoms with Crippen LogP contribution in [-0.4, -0.2) is 29.6 Å². The molecule has 0 radical (unpaired) electrons. The molecule has 2 aromatic carbocycles. The largest absolute Gasteiger partial charge is 0.444 e. The molecular weight excluding hydrogens is 389 g/mol. The Morgan fingerprint density at radius 1 is 1.00 bits per heavy atom. The number of rotatable bonds is 6. The Kier molecular flexibility index (Phi) is 7.52. The topological polar surface area (TPSA) is 96.5 Å². The molecule has 0 bridgehead atoms. The molecule has 0 saturated carbocycles. The van der Waals surface area contributed by atoms with Gasteiger partial charge < -0.3 is 20.7 Å². The Morgan fingerprint density at radius 2 is 1.67 bits per heavy atom. The summed E-state index contributed by atoms with van der Waals surface area (Å²) in [7, 11) is 0. The number of alkyl carbamates (subject to hydrolysis) is 1. The van der Waals surface area contributed by atoms with Crippen LogP contribution in [0.25, 0.3) is 0 Å². The minimum atomic E-state index is -0.923. The molecule has 2 rings (SSSR count). The van der Waals surface area contributed by atoms with Crippen molar-refractivity contribution in [2.24, 2.45) is 0 Å². The number of ether oxygens (including phenoxy) is 1. The fourth-order valence-corrected chi connectivity index (χ4v) is 2.60. The van der Waals surface area contributed by atoms with E-state index in [9.17, 15) is 18.8 Å². The van der Waals surface area contributed by atoms with E-state index in [1.807, 2.05) is 0 Å². The summed E-state index contributed by atoms with van der Waals surface area (Å²) >= 11 is 0. The molecular formula is C22H26FN3O4. The molecule has 160 valence electrons. The lowest BCUT2D eigenvalue weighted by Gasteiger charge is -2.23. The summed E-state index contributed by atoms with van der Waals surface area (Å²) in [6.07, 6.45) is -0.475. The highest BCUT2D eigenvalue weighted by atomic mass is 19.1. The van der Waals surface area contributed by atoms with Gasteiger partial charge in [0.2, 0.25) is 5.91 Å². The summed E-state index contributed by atoms with van der Waals surface area (Å²) in [5.74, 6) is -2.08. The standard InChI is InChI=1S/C22H26FN3O4/c1-5-16(26-21(29)30-22(2,3)4)19(27)25-17-13-9-12-15(23)18(17)20(28)24-14-10-7-6-8-11-14/h6-13,16H,5H2,1-4H3,(H,24,28)(H,25,27)(H,26,29). The minimum Gasteiger partial charge on any atom is -0.444 e. The summed E-state index contributed by atoms with van der Waals surface area (Å²) < 4.78 is 19.6. The van der Waals surface area contributed by atoms with Crippen molar-refractivity contribution < 1.29 is 23.5 Å². The second-order valence-corrected chi connectivity index (χ2v) is 7.58. The van der Waals surface area contributed by atoms with Gasteiger partial charge in [-0.25, -0.2) is 9.18 Å². The lowest BCUT2D eigenvalue weighted by molar-refractivity contribution is -0.118. The molecule has 0 spiro atoms. The number of amides is 3. The number of nitrogens with one attached hydrogen (secondary N) is 3. The highest BCUT2D eigenvalue weighted by Crippen LogP contribution is 2.21. The van der Waals surface area contributed by atoms with Crippen molar-refractivity contribution >= 4 is 29.3 Å². The van der Waals surface area contributed by atoms with Gasteiger partial charge >= 0.3 is 6.09 Å². The van der Waals surface area contributed by atoms with Gasteiger partial charge in [0.05, 0.1) is 11.3 Å². The molecule has 0 aliphatic carbocycles. The van der Waals surface area contributed by atoms with E-state index in [4.69, 9.17) is 4.74 Å². The van der Waals surface area contributed by atoms with Gasteiger partial charge in [-0.05, 0) is 51.5 Å². The SMILES string of the molecule is CCC(NC(=O)OC(C)(C)C)C(=O)Nc1cccc(F)c1C(=O)Nc1ccccc1. The van der Waals surface area contributed by atoms with Crippen molar-refractivity contribution in [3.63, 3.8) is 0 Å². The fraction of sp³-hybridized carbons (Fsp3) is 0.318. The van der Waals surface area contributed by atoms with E-state index >= 15 is 0 Å². The molecule has 8 heteroatoms. The molecule has 1 atom stereocenters. The van der Waals surface area contributed by atoms with Crippen molar-refractivity contribution in [2.75, 3.05) is 10.6 Å². The van der Waals surface area contributed by atoms with Crippen LogP contribution in [0.5, 0.6) is 0 Å². The van der Waals surface area contributed by atoms with E-state index in [2.05, 4.69) is 16.0 Å². The van der Waals surface area contributed by atoms with Crippen molar-refractivity contribution in [2.45, 2.75) is 45.8 Å². The number of hydrogen-bond donors (Lipinski definition) is 3. The zero-order chi connectivity index (χ0) is 22.3. The molecule has 1 unspecified atom stereocenters. The van der Waals surface area contributed by atoms with Crippen LogP contribution in [0, 0.1) is 5.82 Å². The van der Waals surface area contributed by atoms with E-state index in [1.54, 1.807) is 58.0 Å². The van der Waals surface area contributed by atoms with Crippen molar-refractivity contribution in [3.8, 4) is 0 Å². The Balaban J connectivity index is 2.17. The van der Waals surface area contributed by atoms with E-state index < -0.39 is 35.4 Å². The average molecular weight is 415 g/mol. The van der Waals surface area contributed by atoms with Crippen LogP contribution in [0.4, 0.5) is 20.6 Å². The van der Waals surface area contributed by atoms with Gasteiger partial charge in [-0.1, -0.05) is 31.2 Å². The normalized spacial score (nSPS) is 11.9. The zero-order valence-corrected chi connectivity index (χ0v) is 17.4. The van der Waals surface area contributed by atoms with Crippen LogP contribution in [0.15, 0.2) is 48.5 Å². The van der Waals surface area contributed by atoms with Gasteiger partial charge in [0.25, 0.3) is 5.91 Å². The summed E-state index contributed by atoms with van der Waals surface area (Å²) in [5, 5.41) is 7.60. The van der Waals surface area contributed by atoms with Crippen molar-refractivity contribution in [3.05, 3.63) is 59.9 Å². The molecule has 3 amide bonds. The van der Waals surface area contributed by atoms with E-state index in [0.29, 0.717) is 5.69 Å². The van der Waals surface area contributed by atoms with Gasteiger partial charge in [0.15, 0.2) is 0 Å². The Bertz CT molecular complexity index is 910. The zero-order valence-electron chi connectivity index (χ0n) is 17.4. The highest BCUT2D eigenvalue weighted by molar-refractivity contribution is 6.10. The molecule has 3 N–H and O–H groups in total. The van der Waals surface area contributed by atoms with Gasteiger partial charge in [0.1, 0.15) is 17.5 Å². The molecule has 0 heterocycles. The number of para-hydroxylation sites is 1. The average Bonchev–Trinajstić information content (AvgIpc) is 2.65. The van der Waals surface area contributed by atoms with Gasteiger partial charge in [-0.2, -0.15) is 0 Å². The third-order valence-corrected chi connectivity index (χ3v) is 3.95. The Hall–Kier alpha value is -3.42. The molecule has 0 aliphatic heterocycles. The number of benzene rings is 2. The van der Waals surface area contributed by atoms with Crippen LogP contribution in [0.1, 0.15) is 44.5 Å². The van der Waals surface area contributed by atoms with Crippen LogP contribution in [0.2, 0.25) is 0 Å². The lowest BCUT2D eigenvalue weighted by Crippen LogP contribution is -2.45. The predicted octanol–water partition coefficient (Wildman–Crippen LogP) is 4.32. The lowest BCUT2D eigenvalue weighted by atomic mass is 10.1. The first-order chi connectivity index (χ1) is 14.1. The first-order valence-corrected chi connectivity index (χ1v) is 9.56.